The molecule has 2 N–H and O–H groups in total. The molecule has 41 heavy (non-hydrogen) atoms. The third-order valence-electron chi connectivity index (χ3n) is 10.5. The number of fused-ring (bicyclic) bond motifs is 4. The SMILES string of the molecule is C=C[C@@H](OCc1ccc(OC)cc1)[C@]1([C@@H]2[C@H](C)[C@@H]3O[C@H]2[C@@H](O)[C@]2(O)CC[C@H]([C@H]3OCOC)C2(C)C)COC(C)(C)O1. The molecule has 3 aliphatic heterocycles. The zero-order valence-corrected chi connectivity index (χ0v) is 25.5. The van der Waals surface area contributed by atoms with Crippen molar-refractivity contribution < 1.29 is 43.4 Å². The van der Waals surface area contributed by atoms with E-state index in [1.165, 1.54) is 0 Å². The van der Waals surface area contributed by atoms with Gasteiger partial charge < -0.3 is 43.4 Å². The molecule has 1 saturated carbocycles. The number of hydrogen-bond donors (Lipinski definition) is 2. The van der Waals surface area contributed by atoms with Crippen molar-refractivity contribution in [2.75, 3.05) is 27.6 Å². The monoisotopic (exact) mass is 576 g/mol. The van der Waals surface area contributed by atoms with Crippen LogP contribution < -0.4 is 4.74 Å². The van der Waals surface area contributed by atoms with Crippen molar-refractivity contribution >= 4 is 0 Å². The summed E-state index contributed by atoms with van der Waals surface area (Å²) >= 11 is 0. The van der Waals surface area contributed by atoms with Gasteiger partial charge in [-0.15, -0.1) is 6.58 Å². The number of aliphatic hydroxyl groups is 2. The Morgan fingerprint density at radius 3 is 2.41 bits per heavy atom. The minimum atomic E-state index is -1.38. The van der Waals surface area contributed by atoms with Crippen LogP contribution in [-0.2, 0) is 35.0 Å². The van der Waals surface area contributed by atoms with Crippen molar-refractivity contribution in [1.82, 2.24) is 0 Å². The fraction of sp³-hybridized carbons (Fsp3) is 0.750. The highest BCUT2D eigenvalue weighted by atomic mass is 16.8. The topological polar surface area (TPSA) is 105 Å². The first kappa shape index (κ1) is 30.9. The number of aliphatic hydroxyl groups excluding tert-OH is 1. The normalized spacial score (nSPS) is 41.5. The number of rotatable bonds is 10. The quantitative estimate of drug-likeness (QED) is 0.318. The molecule has 1 aliphatic carbocycles. The first-order valence-electron chi connectivity index (χ1n) is 14.7. The van der Waals surface area contributed by atoms with Gasteiger partial charge in [0.25, 0.3) is 0 Å². The van der Waals surface area contributed by atoms with E-state index in [9.17, 15) is 10.2 Å². The van der Waals surface area contributed by atoms with Crippen LogP contribution in [-0.4, -0.2) is 85.3 Å². The Kier molecular flexibility index (Phi) is 8.42. The Balaban J connectivity index is 1.54. The molecule has 0 aromatic heterocycles. The van der Waals surface area contributed by atoms with Gasteiger partial charge in [-0.05, 0) is 56.2 Å². The molecule has 10 atom stereocenters. The summed E-state index contributed by atoms with van der Waals surface area (Å²) < 4.78 is 43.3. The second-order valence-electron chi connectivity index (χ2n) is 13.3. The highest BCUT2D eigenvalue weighted by Crippen LogP contribution is 2.61. The minimum absolute atomic E-state index is 0.0425. The van der Waals surface area contributed by atoms with E-state index in [4.69, 9.17) is 33.2 Å². The van der Waals surface area contributed by atoms with E-state index in [0.717, 1.165) is 17.7 Å². The molecule has 0 radical (unpaired) electrons. The fourth-order valence-corrected chi connectivity index (χ4v) is 8.22. The Bertz CT molecular complexity index is 1070. The van der Waals surface area contributed by atoms with Crippen LogP contribution in [0.5, 0.6) is 5.75 Å². The van der Waals surface area contributed by atoms with Crippen LogP contribution in [0, 0.1) is 23.2 Å². The molecule has 4 bridgehead atoms. The molecule has 4 aliphatic rings. The van der Waals surface area contributed by atoms with Gasteiger partial charge in [0, 0.05) is 18.4 Å². The van der Waals surface area contributed by atoms with Gasteiger partial charge in [-0.25, -0.2) is 0 Å². The maximum absolute atomic E-state index is 12.2. The number of benzene rings is 1. The molecule has 4 fully saturated rings. The third kappa shape index (κ3) is 4.96. The molecule has 0 spiro atoms. The van der Waals surface area contributed by atoms with Gasteiger partial charge in [0.15, 0.2) is 5.79 Å². The van der Waals surface area contributed by atoms with E-state index in [1.807, 2.05) is 52.0 Å². The molecule has 1 aromatic carbocycles. The lowest BCUT2D eigenvalue weighted by atomic mass is 9.66. The summed E-state index contributed by atoms with van der Waals surface area (Å²) in [5.41, 5.74) is -2.08. The highest BCUT2D eigenvalue weighted by molar-refractivity contribution is 5.27. The minimum Gasteiger partial charge on any atom is -0.497 e. The predicted molar refractivity (Wildman–Crippen MR) is 151 cm³/mol. The molecule has 0 unspecified atom stereocenters. The smallest absolute Gasteiger partial charge is 0.163 e. The Labute approximate surface area is 244 Å². The van der Waals surface area contributed by atoms with Crippen molar-refractivity contribution in [1.29, 1.82) is 0 Å². The Morgan fingerprint density at radius 1 is 1.12 bits per heavy atom. The standard InChI is InChI=1S/C32H48O9/c1-9-23(37-16-20-10-12-21(36-8)13-11-20)31(17-39-30(5,6)41-31)24-19(2)25-26(38-18-35-7)22-14-15-32(34,29(22,3)4)28(33)27(24)40-25/h9-13,19,22-28,33-34H,1,14-18H2,2-8H3/t19-,22+,23+,24+,25-,26+,27+,28+,31-,32+/m0/s1. The number of ether oxygens (including phenoxy) is 7. The van der Waals surface area contributed by atoms with Crippen molar-refractivity contribution in [3.8, 4) is 5.75 Å². The molecule has 9 nitrogen and oxygen atoms in total. The summed E-state index contributed by atoms with van der Waals surface area (Å²) in [7, 11) is 3.24. The molecule has 0 amide bonds. The van der Waals surface area contributed by atoms with E-state index in [0.29, 0.717) is 13.0 Å². The predicted octanol–water partition coefficient (Wildman–Crippen LogP) is 3.84. The summed E-state index contributed by atoms with van der Waals surface area (Å²) in [5, 5.41) is 24.2. The molecule has 9 heteroatoms. The second-order valence-corrected chi connectivity index (χ2v) is 13.3. The second kappa shape index (κ2) is 11.2. The van der Waals surface area contributed by atoms with Crippen molar-refractivity contribution in [3.05, 3.63) is 42.5 Å². The molecule has 3 saturated heterocycles. The highest BCUT2D eigenvalue weighted by Gasteiger charge is 2.71. The van der Waals surface area contributed by atoms with E-state index in [1.54, 1.807) is 20.3 Å². The zero-order valence-electron chi connectivity index (χ0n) is 25.5. The van der Waals surface area contributed by atoms with E-state index in [-0.39, 0.29) is 37.4 Å². The van der Waals surface area contributed by atoms with Gasteiger partial charge in [0.2, 0.25) is 0 Å². The average molecular weight is 577 g/mol. The summed E-state index contributed by atoms with van der Waals surface area (Å²) in [4.78, 5) is 0. The lowest BCUT2D eigenvalue weighted by Crippen LogP contribution is -2.63. The summed E-state index contributed by atoms with van der Waals surface area (Å²) in [5.74, 6) is -0.723. The first-order valence-corrected chi connectivity index (χ1v) is 14.7. The molecule has 3 heterocycles. The van der Waals surface area contributed by atoms with Gasteiger partial charge in [-0.1, -0.05) is 39.0 Å². The lowest BCUT2D eigenvalue weighted by Gasteiger charge is -2.50. The van der Waals surface area contributed by atoms with Crippen molar-refractivity contribution in [2.45, 2.75) is 102 Å². The van der Waals surface area contributed by atoms with E-state index >= 15 is 0 Å². The van der Waals surface area contributed by atoms with Crippen LogP contribution in [0.15, 0.2) is 36.9 Å². The van der Waals surface area contributed by atoms with Crippen molar-refractivity contribution in [3.63, 3.8) is 0 Å². The zero-order chi connectivity index (χ0) is 29.8. The summed E-state index contributed by atoms with van der Waals surface area (Å²) in [6.45, 7) is 14.7. The maximum atomic E-state index is 12.2. The lowest BCUT2D eigenvalue weighted by molar-refractivity contribution is -0.248. The maximum Gasteiger partial charge on any atom is 0.163 e. The number of methoxy groups -OCH3 is 2. The molecule has 1 aromatic rings. The van der Waals surface area contributed by atoms with Gasteiger partial charge >= 0.3 is 0 Å². The molecule has 5 rings (SSSR count). The molecular weight excluding hydrogens is 528 g/mol. The summed E-state index contributed by atoms with van der Waals surface area (Å²) in [6, 6.07) is 7.71. The molecular formula is C32H48O9. The van der Waals surface area contributed by atoms with Gasteiger partial charge in [0.1, 0.15) is 30.4 Å². The van der Waals surface area contributed by atoms with Gasteiger partial charge in [0.05, 0.1) is 44.2 Å². The van der Waals surface area contributed by atoms with Crippen LogP contribution in [0.25, 0.3) is 0 Å². The Morgan fingerprint density at radius 2 is 1.83 bits per heavy atom. The van der Waals surface area contributed by atoms with E-state index < -0.39 is 46.6 Å². The molecule has 230 valence electrons. The largest absolute Gasteiger partial charge is 0.497 e. The summed E-state index contributed by atoms with van der Waals surface area (Å²) in [6.07, 6.45) is -0.299. The first-order chi connectivity index (χ1) is 19.3. The third-order valence-corrected chi connectivity index (χ3v) is 10.5. The van der Waals surface area contributed by atoms with Gasteiger partial charge in [-0.3, -0.25) is 0 Å². The van der Waals surface area contributed by atoms with Crippen LogP contribution in [0.2, 0.25) is 0 Å². The fourth-order valence-electron chi connectivity index (χ4n) is 8.22. The average Bonchev–Trinajstić information content (AvgIpc) is 3.55. The van der Waals surface area contributed by atoms with Crippen LogP contribution in [0.1, 0.15) is 53.0 Å². The van der Waals surface area contributed by atoms with Crippen molar-refractivity contribution in [2.24, 2.45) is 23.2 Å². The number of hydrogen-bond acceptors (Lipinski definition) is 9. The van der Waals surface area contributed by atoms with Gasteiger partial charge in [-0.2, -0.15) is 0 Å². The van der Waals surface area contributed by atoms with Crippen LogP contribution in [0.4, 0.5) is 0 Å². The Hall–Kier alpha value is -1.56. The van der Waals surface area contributed by atoms with Crippen LogP contribution in [0.3, 0.4) is 0 Å². The van der Waals surface area contributed by atoms with Crippen LogP contribution >= 0.6 is 0 Å². The van der Waals surface area contributed by atoms with E-state index in [2.05, 4.69) is 13.5 Å².